The molecule has 1 aliphatic rings. The third kappa shape index (κ3) is 3.55. The summed E-state index contributed by atoms with van der Waals surface area (Å²) in [6, 6.07) is 8.94. The van der Waals surface area contributed by atoms with Crippen molar-refractivity contribution in [2.24, 2.45) is 0 Å². The first kappa shape index (κ1) is 17.1. The van der Waals surface area contributed by atoms with Crippen molar-refractivity contribution in [3.05, 3.63) is 47.6 Å². The zero-order valence-electron chi connectivity index (χ0n) is 14.7. The van der Waals surface area contributed by atoms with Gasteiger partial charge in [0.05, 0.1) is 5.54 Å². The van der Waals surface area contributed by atoms with Gasteiger partial charge in [-0.2, -0.15) is 4.98 Å². The van der Waals surface area contributed by atoms with Gasteiger partial charge < -0.3 is 14.7 Å². The molecule has 2 amide bonds. The fourth-order valence-corrected chi connectivity index (χ4v) is 3.13. The molecular formula is C18H22N4O3. The number of rotatable bonds is 4. The quantitative estimate of drug-likeness (QED) is 0.922. The summed E-state index contributed by atoms with van der Waals surface area (Å²) in [5, 5.41) is 6.81. The van der Waals surface area contributed by atoms with Crippen molar-refractivity contribution in [1.82, 2.24) is 20.4 Å². The fraction of sp³-hybridized carbons (Fsp3) is 0.444. The van der Waals surface area contributed by atoms with E-state index in [9.17, 15) is 9.59 Å². The lowest BCUT2D eigenvalue weighted by molar-refractivity contribution is -0.120. The van der Waals surface area contributed by atoms with E-state index in [1.165, 1.54) is 6.92 Å². The summed E-state index contributed by atoms with van der Waals surface area (Å²) in [4.78, 5) is 30.3. The Morgan fingerprint density at radius 3 is 2.68 bits per heavy atom. The first-order valence-electron chi connectivity index (χ1n) is 8.37. The maximum Gasteiger partial charge on any atom is 0.254 e. The zero-order chi connectivity index (χ0) is 18.0. The van der Waals surface area contributed by atoms with Crippen LogP contribution in [0.1, 0.15) is 61.7 Å². The Bertz CT molecular complexity index is 770. The standard InChI is InChI=1S/C18H22N4O3/c1-12(23)20-18(2,3)17-19-15(25-21-17)14-10-7-11-22(14)16(24)13-8-5-4-6-9-13/h4-6,8-9,14H,7,10-11H2,1-3H3,(H,20,23). The number of hydrogen-bond acceptors (Lipinski definition) is 5. The van der Waals surface area contributed by atoms with Crippen LogP contribution < -0.4 is 5.32 Å². The first-order valence-corrected chi connectivity index (χ1v) is 8.37. The molecule has 0 aliphatic carbocycles. The minimum Gasteiger partial charge on any atom is -0.344 e. The SMILES string of the molecule is CC(=O)NC(C)(C)c1noc(C2CCCN2C(=O)c2ccccc2)n1. The molecule has 1 aromatic heterocycles. The summed E-state index contributed by atoms with van der Waals surface area (Å²) in [6.45, 7) is 5.72. The zero-order valence-corrected chi connectivity index (χ0v) is 14.7. The van der Waals surface area contributed by atoms with E-state index in [2.05, 4.69) is 15.5 Å². The van der Waals surface area contributed by atoms with Gasteiger partial charge >= 0.3 is 0 Å². The highest BCUT2D eigenvalue weighted by Gasteiger charge is 2.36. The van der Waals surface area contributed by atoms with Gasteiger partial charge in [0.2, 0.25) is 11.8 Å². The molecule has 1 saturated heterocycles. The predicted molar refractivity (Wildman–Crippen MR) is 90.6 cm³/mol. The summed E-state index contributed by atoms with van der Waals surface area (Å²) in [5.41, 5.74) is -0.0896. The first-order chi connectivity index (χ1) is 11.9. The number of likely N-dealkylation sites (tertiary alicyclic amines) is 1. The molecular weight excluding hydrogens is 320 g/mol. The van der Waals surface area contributed by atoms with Crippen LogP contribution in [0.5, 0.6) is 0 Å². The average molecular weight is 342 g/mol. The van der Waals surface area contributed by atoms with Gasteiger partial charge in [-0.25, -0.2) is 0 Å². The minimum atomic E-state index is -0.736. The van der Waals surface area contributed by atoms with Crippen molar-refractivity contribution in [1.29, 1.82) is 0 Å². The van der Waals surface area contributed by atoms with Gasteiger partial charge in [0.25, 0.3) is 5.91 Å². The van der Waals surface area contributed by atoms with E-state index in [-0.39, 0.29) is 17.9 Å². The summed E-state index contributed by atoms with van der Waals surface area (Å²) in [7, 11) is 0. The highest BCUT2D eigenvalue weighted by molar-refractivity contribution is 5.94. The van der Waals surface area contributed by atoms with Gasteiger partial charge in [0.15, 0.2) is 5.82 Å². The number of benzene rings is 1. The van der Waals surface area contributed by atoms with Gasteiger partial charge in [-0.3, -0.25) is 9.59 Å². The van der Waals surface area contributed by atoms with E-state index in [1.807, 2.05) is 32.0 Å². The lowest BCUT2D eigenvalue weighted by Gasteiger charge is -2.22. The third-order valence-corrected chi connectivity index (χ3v) is 4.31. The van der Waals surface area contributed by atoms with Crippen LogP contribution >= 0.6 is 0 Å². The molecule has 7 heteroatoms. The number of nitrogens with zero attached hydrogens (tertiary/aromatic N) is 3. The molecule has 1 N–H and O–H groups in total. The molecule has 25 heavy (non-hydrogen) atoms. The Morgan fingerprint density at radius 2 is 2.00 bits per heavy atom. The van der Waals surface area contributed by atoms with Crippen LogP contribution in [0.3, 0.4) is 0 Å². The lowest BCUT2D eigenvalue weighted by atomic mass is 10.1. The lowest BCUT2D eigenvalue weighted by Crippen LogP contribution is -2.40. The van der Waals surface area contributed by atoms with E-state index in [0.29, 0.717) is 23.8 Å². The molecule has 0 bridgehead atoms. The van der Waals surface area contributed by atoms with Crippen molar-refractivity contribution in [2.75, 3.05) is 6.54 Å². The Kier molecular flexibility index (Phi) is 4.57. The normalized spacial score (nSPS) is 17.6. The molecule has 1 unspecified atom stereocenters. The van der Waals surface area contributed by atoms with Crippen molar-refractivity contribution < 1.29 is 14.1 Å². The van der Waals surface area contributed by atoms with Crippen LogP contribution in [0.15, 0.2) is 34.9 Å². The van der Waals surface area contributed by atoms with Crippen LogP contribution in [-0.4, -0.2) is 33.4 Å². The van der Waals surface area contributed by atoms with Crippen molar-refractivity contribution >= 4 is 11.8 Å². The van der Waals surface area contributed by atoms with E-state index in [4.69, 9.17) is 4.52 Å². The Morgan fingerprint density at radius 1 is 1.28 bits per heavy atom. The number of hydrogen-bond donors (Lipinski definition) is 1. The van der Waals surface area contributed by atoms with Crippen LogP contribution in [0, 0.1) is 0 Å². The van der Waals surface area contributed by atoms with Crippen molar-refractivity contribution in [2.45, 2.75) is 45.2 Å². The van der Waals surface area contributed by atoms with E-state index in [0.717, 1.165) is 12.8 Å². The number of amides is 2. The second-order valence-corrected chi connectivity index (χ2v) is 6.79. The second kappa shape index (κ2) is 6.66. The molecule has 0 radical (unpaired) electrons. The predicted octanol–water partition coefficient (Wildman–Crippen LogP) is 2.42. The fourth-order valence-electron chi connectivity index (χ4n) is 3.13. The number of carbonyl (C=O) groups excluding carboxylic acids is 2. The second-order valence-electron chi connectivity index (χ2n) is 6.79. The number of nitrogens with one attached hydrogen (secondary N) is 1. The third-order valence-electron chi connectivity index (χ3n) is 4.31. The molecule has 0 spiro atoms. The molecule has 3 rings (SSSR count). The van der Waals surface area contributed by atoms with E-state index in [1.54, 1.807) is 17.0 Å². The van der Waals surface area contributed by atoms with Crippen LogP contribution in [0.25, 0.3) is 0 Å². The summed E-state index contributed by atoms with van der Waals surface area (Å²) in [6.07, 6.45) is 1.66. The van der Waals surface area contributed by atoms with Gasteiger partial charge in [-0.15, -0.1) is 0 Å². The number of aromatic nitrogens is 2. The van der Waals surface area contributed by atoms with Gasteiger partial charge in [-0.05, 0) is 38.8 Å². The molecule has 1 fully saturated rings. The van der Waals surface area contributed by atoms with Crippen LogP contribution in [0.2, 0.25) is 0 Å². The highest BCUT2D eigenvalue weighted by Crippen LogP contribution is 2.33. The molecule has 1 atom stereocenters. The minimum absolute atomic E-state index is 0.0380. The molecule has 2 heterocycles. The van der Waals surface area contributed by atoms with E-state index < -0.39 is 5.54 Å². The molecule has 7 nitrogen and oxygen atoms in total. The van der Waals surface area contributed by atoms with Crippen molar-refractivity contribution in [3.63, 3.8) is 0 Å². The van der Waals surface area contributed by atoms with Gasteiger partial charge in [-0.1, -0.05) is 23.4 Å². The van der Waals surface area contributed by atoms with Gasteiger partial charge in [0, 0.05) is 19.0 Å². The van der Waals surface area contributed by atoms with Crippen LogP contribution in [0.4, 0.5) is 0 Å². The molecule has 1 aromatic carbocycles. The smallest absolute Gasteiger partial charge is 0.254 e. The van der Waals surface area contributed by atoms with Crippen LogP contribution in [-0.2, 0) is 10.3 Å². The van der Waals surface area contributed by atoms with Crippen molar-refractivity contribution in [3.8, 4) is 0 Å². The maximum absolute atomic E-state index is 12.8. The molecule has 0 saturated carbocycles. The Balaban J connectivity index is 1.82. The number of carbonyl (C=O) groups is 2. The Hall–Kier alpha value is -2.70. The average Bonchev–Trinajstić information content (AvgIpc) is 3.23. The summed E-state index contributed by atoms with van der Waals surface area (Å²) < 4.78 is 5.43. The highest BCUT2D eigenvalue weighted by atomic mass is 16.5. The monoisotopic (exact) mass is 342 g/mol. The van der Waals surface area contributed by atoms with Gasteiger partial charge in [0.1, 0.15) is 6.04 Å². The summed E-state index contributed by atoms with van der Waals surface area (Å²) >= 11 is 0. The summed E-state index contributed by atoms with van der Waals surface area (Å²) in [5.74, 6) is 0.606. The van der Waals surface area contributed by atoms with E-state index >= 15 is 0 Å². The molecule has 2 aromatic rings. The maximum atomic E-state index is 12.8. The topological polar surface area (TPSA) is 88.3 Å². The largest absolute Gasteiger partial charge is 0.344 e. The molecule has 132 valence electrons. The Labute approximate surface area is 146 Å². The molecule has 1 aliphatic heterocycles.